The second-order valence-electron chi connectivity index (χ2n) is 3.81. The molecular formula is C11H11Cl2N5. The van der Waals surface area contributed by atoms with Crippen LogP contribution in [0.15, 0.2) is 18.2 Å². The number of nitrogens with zero attached hydrogens (tertiary/aromatic N) is 4. The summed E-state index contributed by atoms with van der Waals surface area (Å²) in [6.07, 6.45) is 0. The fourth-order valence-corrected chi connectivity index (χ4v) is 1.76. The highest BCUT2D eigenvalue weighted by Gasteiger charge is 2.12. The zero-order valence-electron chi connectivity index (χ0n) is 9.85. The number of rotatable bonds is 2. The van der Waals surface area contributed by atoms with Gasteiger partial charge >= 0.3 is 0 Å². The van der Waals surface area contributed by atoms with Gasteiger partial charge in [-0.1, -0.05) is 29.3 Å². The van der Waals surface area contributed by atoms with Crippen LogP contribution in [0.5, 0.6) is 0 Å². The second-order valence-corrected chi connectivity index (χ2v) is 4.60. The molecule has 0 amide bonds. The van der Waals surface area contributed by atoms with Crippen LogP contribution in [0.4, 0.5) is 11.9 Å². The number of halogens is 2. The Morgan fingerprint density at radius 1 is 1.11 bits per heavy atom. The molecule has 0 spiro atoms. The SMILES string of the molecule is CN(C)c1nc(N)nc(-c2cccc(Cl)c2Cl)n1. The Hall–Kier alpha value is -1.59. The molecule has 0 bridgehead atoms. The number of benzene rings is 1. The lowest BCUT2D eigenvalue weighted by Crippen LogP contribution is -2.15. The topological polar surface area (TPSA) is 67.9 Å². The first-order valence-corrected chi connectivity index (χ1v) is 5.88. The number of hydrogen-bond acceptors (Lipinski definition) is 5. The van der Waals surface area contributed by atoms with Crippen LogP contribution in [-0.2, 0) is 0 Å². The maximum atomic E-state index is 6.13. The Morgan fingerprint density at radius 3 is 2.50 bits per heavy atom. The third-order valence-corrected chi connectivity index (χ3v) is 3.05. The predicted molar refractivity (Wildman–Crippen MR) is 74.0 cm³/mol. The van der Waals surface area contributed by atoms with Gasteiger partial charge in [0.2, 0.25) is 11.9 Å². The molecule has 2 rings (SSSR count). The van der Waals surface area contributed by atoms with Crippen molar-refractivity contribution in [3.63, 3.8) is 0 Å². The fraction of sp³-hybridized carbons (Fsp3) is 0.182. The molecule has 2 N–H and O–H groups in total. The van der Waals surface area contributed by atoms with Crippen molar-refractivity contribution < 1.29 is 0 Å². The van der Waals surface area contributed by atoms with Crippen LogP contribution in [-0.4, -0.2) is 29.0 Å². The summed E-state index contributed by atoms with van der Waals surface area (Å²) < 4.78 is 0. The van der Waals surface area contributed by atoms with Crippen LogP contribution in [0, 0.1) is 0 Å². The summed E-state index contributed by atoms with van der Waals surface area (Å²) in [6, 6.07) is 5.26. The fourth-order valence-electron chi connectivity index (χ4n) is 1.38. The van der Waals surface area contributed by atoms with Crippen molar-refractivity contribution in [2.75, 3.05) is 24.7 Å². The van der Waals surface area contributed by atoms with Crippen LogP contribution in [0.1, 0.15) is 0 Å². The highest BCUT2D eigenvalue weighted by molar-refractivity contribution is 6.43. The van der Waals surface area contributed by atoms with E-state index in [1.54, 1.807) is 23.1 Å². The maximum absolute atomic E-state index is 6.13. The van der Waals surface area contributed by atoms with Crippen LogP contribution in [0.3, 0.4) is 0 Å². The molecule has 94 valence electrons. The smallest absolute Gasteiger partial charge is 0.230 e. The van der Waals surface area contributed by atoms with E-state index in [0.29, 0.717) is 27.4 Å². The van der Waals surface area contributed by atoms with Crippen LogP contribution in [0.25, 0.3) is 11.4 Å². The zero-order valence-corrected chi connectivity index (χ0v) is 11.4. The molecule has 0 aliphatic carbocycles. The van der Waals surface area contributed by atoms with Crippen molar-refractivity contribution >= 4 is 35.1 Å². The largest absolute Gasteiger partial charge is 0.368 e. The lowest BCUT2D eigenvalue weighted by Gasteiger charge is -2.12. The highest BCUT2D eigenvalue weighted by Crippen LogP contribution is 2.32. The Bertz CT molecular complexity index is 586. The molecule has 0 atom stereocenters. The van der Waals surface area contributed by atoms with Crippen molar-refractivity contribution in [1.82, 2.24) is 15.0 Å². The average Bonchev–Trinajstić information content (AvgIpc) is 2.31. The van der Waals surface area contributed by atoms with Gasteiger partial charge in [0.25, 0.3) is 0 Å². The van der Waals surface area contributed by atoms with Crippen molar-refractivity contribution in [3.05, 3.63) is 28.2 Å². The molecule has 0 fully saturated rings. The quantitative estimate of drug-likeness (QED) is 0.917. The maximum Gasteiger partial charge on any atom is 0.230 e. The van der Waals surface area contributed by atoms with E-state index in [2.05, 4.69) is 15.0 Å². The van der Waals surface area contributed by atoms with E-state index < -0.39 is 0 Å². The summed E-state index contributed by atoms with van der Waals surface area (Å²) >= 11 is 12.1. The number of nitrogen functional groups attached to an aromatic ring is 1. The summed E-state index contributed by atoms with van der Waals surface area (Å²) in [5.41, 5.74) is 6.28. The van der Waals surface area contributed by atoms with Crippen LogP contribution >= 0.6 is 23.2 Å². The molecule has 0 radical (unpaired) electrons. The van der Waals surface area contributed by atoms with Gasteiger partial charge in [0.15, 0.2) is 5.82 Å². The van der Waals surface area contributed by atoms with Crippen molar-refractivity contribution in [3.8, 4) is 11.4 Å². The van der Waals surface area contributed by atoms with E-state index in [0.717, 1.165) is 0 Å². The summed E-state index contributed by atoms with van der Waals surface area (Å²) in [4.78, 5) is 14.1. The van der Waals surface area contributed by atoms with Gasteiger partial charge in [-0.2, -0.15) is 15.0 Å². The van der Waals surface area contributed by atoms with E-state index in [9.17, 15) is 0 Å². The lowest BCUT2D eigenvalue weighted by molar-refractivity contribution is 0.970. The predicted octanol–water partition coefficient (Wildman–Crippen LogP) is 2.49. The molecule has 0 saturated heterocycles. The number of hydrogen-bond donors (Lipinski definition) is 1. The van der Waals surface area contributed by atoms with Crippen LogP contribution in [0.2, 0.25) is 10.0 Å². The minimum Gasteiger partial charge on any atom is -0.368 e. The van der Waals surface area contributed by atoms with Crippen molar-refractivity contribution in [2.45, 2.75) is 0 Å². The van der Waals surface area contributed by atoms with Gasteiger partial charge in [0.1, 0.15) is 0 Å². The summed E-state index contributed by atoms with van der Waals surface area (Å²) in [5.74, 6) is 1.01. The van der Waals surface area contributed by atoms with Crippen molar-refractivity contribution in [1.29, 1.82) is 0 Å². The molecule has 1 aromatic heterocycles. The van der Waals surface area contributed by atoms with Crippen molar-refractivity contribution in [2.24, 2.45) is 0 Å². The van der Waals surface area contributed by atoms with Gasteiger partial charge < -0.3 is 10.6 Å². The number of aromatic nitrogens is 3. The number of nitrogens with two attached hydrogens (primary N) is 1. The third kappa shape index (κ3) is 2.47. The lowest BCUT2D eigenvalue weighted by atomic mass is 10.2. The van der Waals surface area contributed by atoms with Gasteiger partial charge in [-0.05, 0) is 12.1 Å². The average molecular weight is 284 g/mol. The molecular weight excluding hydrogens is 273 g/mol. The zero-order chi connectivity index (χ0) is 13.3. The molecule has 2 aromatic rings. The second kappa shape index (κ2) is 4.96. The Kier molecular flexibility index (Phi) is 3.54. The van der Waals surface area contributed by atoms with E-state index >= 15 is 0 Å². The monoisotopic (exact) mass is 283 g/mol. The Morgan fingerprint density at radius 2 is 1.83 bits per heavy atom. The van der Waals surface area contributed by atoms with Gasteiger partial charge in [0.05, 0.1) is 10.0 Å². The van der Waals surface area contributed by atoms with Gasteiger partial charge in [-0.25, -0.2) is 0 Å². The van der Waals surface area contributed by atoms with Gasteiger partial charge in [-0.3, -0.25) is 0 Å². The minimum absolute atomic E-state index is 0.139. The summed E-state index contributed by atoms with van der Waals surface area (Å²) in [6.45, 7) is 0. The third-order valence-electron chi connectivity index (χ3n) is 2.23. The Balaban J connectivity index is 2.60. The molecule has 0 saturated carbocycles. The first kappa shape index (κ1) is 12.9. The van der Waals surface area contributed by atoms with E-state index in [4.69, 9.17) is 28.9 Å². The Labute approximate surface area is 115 Å². The van der Waals surface area contributed by atoms with Gasteiger partial charge in [-0.15, -0.1) is 0 Å². The normalized spacial score (nSPS) is 10.4. The first-order valence-electron chi connectivity index (χ1n) is 5.12. The molecule has 0 aliphatic rings. The summed E-state index contributed by atoms with van der Waals surface area (Å²) in [5, 5.41) is 0.842. The van der Waals surface area contributed by atoms with E-state index in [1.165, 1.54) is 0 Å². The number of anilines is 2. The van der Waals surface area contributed by atoms with E-state index in [1.807, 2.05) is 14.1 Å². The highest BCUT2D eigenvalue weighted by atomic mass is 35.5. The standard InChI is InChI=1S/C11H11Cl2N5/c1-18(2)11-16-9(15-10(14)17-11)6-4-3-5-7(12)8(6)13/h3-5H,1-2H3,(H2,14,15,16,17). The molecule has 1 aromatic carbocycles. The summed E-state index contributed by atoms with van der Waals surface area (Å²) in [7, 11) is 3.64. The van der Waals surface area contributed by atoms with Gasteiger partial charge in [0, 0.05) is 19.7 Å². The molecule has 7 heteroatoms. The van der Waals surface area contributed by atoms with E-state index in [-0.39, 0.29) is 5.95 Å². The minimum atomic E-state index is 0.139. The molecule has 1 heterocycles. The van der Waals surface area contributed by atoms with Crippen LogP contribution < -0.4 is 10.6 Å². The molecule has 5 nitrogen and oxygen atoms in total. The molecule has 0 unspecified atom stereocenters. The molecule has 0 aliphatic heterocycles. The molecule has 18 heavy (non-hydrogen) atoms. The first-order chi connectivity index (χ1) is 8.49.